The van der Waals surface area contributed by atoms with Gasteiger partial charge in [0.15, 0.2) is 0 Å². The lowest BCUT2D eigenvalue weighted by Gasteiger charge is -2.26. The standard InChI is InChI=1S/C34H37F3N2O/c1-5-26-16-12-17-27(6-2)33(26)31-21-32(40-4)29(24(3)38-31)23-39(20-19-25-13-8-7-9-14-25)22-28-15-10-11-18-30(28)34(35,36)37/h7-18,21H,5-6,19-20,22-23H2,1-4H3. The van der Waals surface area contributed by atoms with Crippen LogP contribution >= 0.6 is 0 Å². The predicted octanol–water partition coefficient (Wildman–Crippen LogP) is 8.45. The first kappa shape index (κ1) is 29.3. The molecule has 4 rings (SSSR count). The highest BCUT2D eigenvalue weighted by molar-refractivity contribution is 5.70. The number of alkyl halides is 3. The van der Waals surface area contributed by atoms with Crippen LogP contribution in [0.5, 0.6) is 5.75 Å². The van der Waals surface area contributed by atoms with E-state index in [1.165, 1.54) is 17.2 Å². The minimum Gasteiger partial charge on any atom is -0.496 e. The van der Waals surface area contributed by atoms with E-state index in [1.54, 1.807) is 19.2 Å². The number of halogens is 3. The molecular weight excluding hydrogens is 509 g/mol. The van der Waals surface area contributed by atoms with Crippen LogP contribution in [0.15, 0.2) is 78.9 Å². The molecule has 0 aliphatic heterocycles. The van der Waals surface area contributed by atoms with E-state index >= 15 is 0 Å². The lowest BCUT2D eigenvalue weighted by molar-refractivity contribution is -0.138. The lowest BCUT2D eigenvalue weighted by atomic mass is 9.94. The molecule has 3 nitrogen and oxygen atoms in total. The van der Waals surface area contributed by atoms with Gasteiger partial charge in [-0.1, -0.05) is 80.6 Å². The number of hydrogen-bond donors (Lipinski definition) is 0. The van der Waals surface area contributed by atoms with Crippen molar-refractivity contribution in [2.75, 3.05) is 13.7 Å². The van der Waals surface area contributed by atoms with Crippen LogP contribution in [-0.2, 0) is 38.5 Å². The summed E-state index contributed by atoms with van der Waals surface area (Å²) in [5, 5.41) is 0. The van der Waals surface area contributed by atoms with Crippen LogP contribution in [0.2, 0.25) is 0 Å². The number of nitrogens with zero attached hydrogens (tertiary/aromatic N) is 2. The first-order chi connectivity index (χ1) is 19.2. The maximum absolute atomic E-state index is 13.8. The second-order valence-electron chi connectivity index (χ2n) is 10.0. The number of benzene rings is 3. The third kappa shape index (κ3) is 6.92. The van der Waals surface area contributed by atoms with E-state index in [1.807, 2.05) is 43.3 Å². The molecule has 0 aliphatic rings. The number of aryl methyl sites for hydroxylation is 3. The summed E-state index contributed by atoms with van der Waals surface area (Å²) >= 11 is 0. The molecule has 0 saturated heterocycles. The van der Waals surface area contributed by atoms with Gasteiger partial charge in [0.25, 0.3) is 0 Å². The Morgan fingerprint density at radius 2 is 1.43 bits per heavy atom. The minimum atomic E-state index is -4.41. The predicted molar refractivity (Wildman–Crippen MR) is 155 cm³/mol. The zero-order valence-electron chi connectivity index (χ0n) is 23.7. The van der Waals surface area contributed by atoms with E-state index < -0.39 is 11.7 Å². The molecule has 210 valence electrons. The van der Waals surface area contributed by atoms with Crippen molar-refractivity contribution in [1.29, 1.82) is 0 Å². The molecule has 0 bridgehead atoms. The molecule has 4 aromatic rings. The first-order valence-electron chi connectivity index (χ1n) is 13.8. The third-order valence-electron chi connectivity index (χ3n) is 7.42. The summed E-state index contributed by atoms with van der Waals surface area (Å²) in [6.07, 6.45) is -1.92. The van der Waals surface area contributed by atoms with Crippen molar-refractivity contribution >= 4 is 0 Å². The molecule has 40 heavy (non-hydrogen) atoms. The maximum atomic E-state index is 13.8. The highest BCUT2D eigenvalue weighted by atomic mass is 19.4. The first-order valence-corrected chi connectivity index (χ1v) is 13.8. The van der Waals surface area contributed by atoms with Crippen LogP contribution in [0, 0.1) is 6.92 Å². The van der Waals surface area contributed by atoms with E-state index in [0.717, 1.165) is 47.0 Å². The van der Waals surface area contributed by atoms with Crippen LogP contribution in [0.1, 0.15) is 52.9 Å². The van der Waals surface area contributed by atoms with E-state index in [4.69, 9.17) is 9.72 Å². The number of rotatable bonds is 11. The Labute approximate surface area is 235 Å². The molecule has 3 aromatic carbocycles. The molecule has 0 atom stereocenters. The molecule has 1 heterocycles. The monoisotopic (exact) mass is 546 g/mol. The van der Waals surface area contributed by atoms with Gasteiger partial charge in [-0.3, -0.25) is 9.88 Å². The van der Waals surface area contributed by atoms with E-state index in [2.05, 4.69) is 36.9 Å². The van der Waals surface area contributed by atoms with Gasteiger partial charge in [0.2, 0.25) is 0 Å². The fourth-order valence-electron chi connectivity index (χ4n) is 5.29. The summed E-state index contributed by atoms with van der Waals surface area (Å²) in [5.74, 6) is 0.698. The molecule has 1 aromatic heterocycles. The highest BCUT2D eigenvalue weighted by Crippen LogP contribution is 2.35. The second-order valence-corrected chi connectivity index (χ2v) is 10.0. The maximum Gasteiger partial charge on any atom is 0.416 e. The molecule has 0 N–H and O–H groups in total. The molecule has 0 amide bonds. The van der Waals surface area contributed by atoms with Crippen LogP contribution in [0.4, 0.5) is 13.2 Å². The van der Waals surface area contributed by atoms with Gasteiger partial charge in [0, 0.05) is 42.5 Å². The van der Waals surface area contributed by atoms with Crippen LogP contribution in [0.25, 0.3) is 11.3 Å². The van der Waals surface area contributed by atoms with Crippen molar-refractivity contribution in [2.45, 2.75) is 59.3 Å². The third-order valence-corrected chi connectivity index (χ3v) is 7.42. The number of ether oxygens (including phenoxy) is 1. The summed E-state index contributed by atoms with van der Waals surface area (Å²) in [4.78, 5) is 7.07. The smallest absolute Gasteiger partial charge is 0.416 e. The fraction of sp³-hybridized carbons (Fsp3) is 0.324. The van der Waals surface area contributed by atoms with E-state index in [-0.39, 0.29) is 12.1 Å². The van der Waals surface area contributed by atoms with Crippen molar-refractivity contribution in [3.05, 3.63) is 118 Å². The van der Waals surface area contributed by atoms with Crippen molar-refractivity contribution < 1.29 is 17.9 Å². The minimum absolute atomic E-state index is 0.158. The normalized spacial score (nSPS) is 11.7. The number of pyridine rings is 1. The summed E-state index contributed by atoms with van der Waals surface area (Å²) < 4.78 is 47.4. The van der Waals surface area contributed by atoms with Crippen molar-refractivity contribution in [3.63, 3.8) is 0 Å². The fourth-order valence-corrected chi connectivity index (χ4v) is 5.29. The average molecular weight is 547 g/mol. The molecule has 0 radical (unpaired) electrons. The summed E-state index contributed by atoms with van der Waals surface area (Å²) in [5.41, 5.74) is 6.97. The van der Waals surface area contributed by atoms with Crippen molar-refractivity contribution in [3.8, 4) is 17.0 Å². The van der Waals surface area contributed by atoms with Gasteiger partial charge in [-0.15, -0.1) is 0 Å². The van der Waals surface area contributed by atoms with Gasteiger partial charge in [-0.25, -0.2) is 0 Å². The van der Waals surface area contributed by atoms with Crippen LogP contribution < -0.4 is 4.74 Å². The molecule has 0 fully saturated rings. The Morgan fingerprint density at radius 3 is 2.05 bits per heavy atom. The molecule has 0 spiro atoms. The second kappa shape index (κ2) is 13.1. The highest BCUT2D eigenvalue weighted by Gasteiger charge is 2.33. The van der Waals surface area contributed by atoms with Gasteiger partial charge in [0.1, 0.15) is 5.75 Å². The van der Waals surface area contributed by atoms with Crippen LogP contribution in [-0.4, -0.2) is 23.5 Å². The molecule has 6 heteroatoms. The average Bonchev–Trinajstić information content (AvgIpc) is 2.96. The van der Waals surface area contributed by atoms with Gasteiger partial charge in [0.05, 0.1) is 18.4 Å². The van der Waals surface area contributed by atoms with E-state index in [9.17, 15) is 13.2 Å². The van der Waals surface area contributed by atoms with Gasteiger partial charge >= 0.3 is 6.18 Å². The Kier molecular flexibility index (Phi) is 9.64. The largest absolute Gasteiger partial charge is 0.496 e. The van der Waals surface area contributed by atoms with E-state index in [0.29, 0.717) is 25.3 Å². The van der Waals surface area contributed by atoms with Gasteiger partial charge in [-0.2, -0.15) is 13.2 Å². The van der Waals surface area contributed by atoms with Crippen molar-refractivity contribution in [1.82, 2.24) is 9.88 Å². The summed E-state index contributed by atoms with van der Waals surface area (Å²) in [6.45, 7) is 7.39. The Balaban J connectivity index is 1.72. The van der Waals surface area contributed by atoms with Crippen molar-refractivity contribution in [2.24, 2.45) is 0 Å². The van der Waals surface area contributed by atoms with Gasteiger partial charge < -0.3 is 4.74 Å². The topological polar surface area (TPSA) is 25.4 Å². The number of aromatic nitrogens is 1. The summed E-state index contributed by atoms with van der Waals surface area (Å²) in [6, 6.07) is 24.2. The quantitative estimate of drug-likeness (QED) is 0.189. The molecular formula is C34H37F3N2O. The summed E-state index contributed by atoms with van der Waals surface area (Å²) in [7, 11) is 1.64. The van der Waals surface area contributed by atoms with Crippen LogP contribution in [0.3, 0.4) is 0 Å². The molecule has 0 saturated carbocycles. The molecule has 0 unspecified atom stereocenters. The number of methoxy groups -OCH3 is 1. The van der Waals surface area contributed by atoms with Gasteiger partial charge in [-0.05, 0) is 54.5 Å². The Morgan fingerprint density at radius 1 is 0.800 bits per heavy atom. The lowest BCUT2D eigenvalue weighted by Crippen LogP contribution is -2.27. The zero-order chi connectivity index (χ0) is 28.7. The Bertz CT molecular complexity index is 1390. The Hall–Kier alpha value is -3.64. The molecule has 0 aliphatic carbocycles. The number of hydrogen-bond acceptors (Lipinski definition) is 3. The zero-order valence-corrected chi connectivity index (χ0v) is 23.7. The SMILES string of the molecule is CCc1cccc(CC)c1-c1cc(OC)c(CN(CCc2ccccc2)Cc2ccccc2C(F)(F)F)c(C)n1.